The molecule has 1 saturated heterocycles. The maximum Gasteiger partial charge on any atom is 0.490 e. The second-order valence-electron chi connectivity index (χ2n) is 8.31. The van der Waals surface area contributed by atoms with Crippen molar-refractivity contribution in [1.29, 1.82) is 0 Å². The summed E-state index contributed by atoms with van der Waals surface area (Å²) < 4.78 is 65.3. The third-order valence-electron chi connectivity index (χ3n) is 5.73. The summed E-state index contributed by atoms with van der Waals surface area (Å²) in [6.45, 7) is 4.09. The zero-order valence-electron chi connectivity index (χ0n) is 20.1. The first-order valence-corrected chi connectivity index (χ1v) is 14.1. The van der Waals surface area contributed by atoms with Crippen LogP contribution < -0.4 is 9.46 Å². The van der Waals surface area contributed by atoms with Crippen molar-refractivity contribution in [2.75, 3.05) is 17.8 Å². The Hall–Kier alpha value is -2.87. The van der Waals surface area contributed by atoms with Crippen molar-refractivity contribution in [2.45, 2.75) is 43.0 Å². The van der Waals surface area contributed by atoms with Gasteiger partial charge in [0.25, 0.3) is 10.0 Å². The van der Waals surface area contributed by atoms with E-state index in [1.807, 2.05) is 6.07 Å². The van der Waals surface area contributed by atoms with E-state index in [2.05, 4.69) is 45.8 Å². The Morgan fingerprint density at radius 3 is 2.37 bits per heavy atom. The molecule has 0 bridgehead atoms. The van der Waals surface area contributed by atoms with Gasteiger partial charge in [-0.05, 0) is 43.5 Å². The van der Waals surface area contributed by atoms with Gasteiger partial charge >= 0.3 is 12.1 Å². The predicted octanol–water partition coefficient (Wildman–Crippen LogP) is 5.84. The number of sulfonamides is 1. The standard InChI is InChI=1S/C22H24ClN3O3S2.C2HF3O2/c1-16(17-5-3-2-4-6-17)26-11-9-18(10-12-26)29-21-8-7-19(13-20(21)23)31(27,28)25-22-14-30-15-24-22;3-2(4,5)1(6)7/h2-8,13-16,18,25H,9-12H2,1H3;(H,6,7). The zero-order valence-corrected chi connectivity index (χ0v) is 22.4. The van der Waals surface area contributed by atoms with Gasteiger partial charge in [0, 0.05) is 24.5 Å². The lowest BCUT2D eigenvalue weighted by Crippen LogP contribution is -2.39. The average Bonchev–Trinajstić information content (AvgIpc) is 3.38. The Morgan fingerprint density at radius 2 is 1.84 bits per heavy atom. The number of aromatic nitrogens is 1. The number of piperidine rings is 1. The molecule has 4 rings (SSSR count). The monoisotopic (exact) mass is 591 g/mol. The van der Waals surface area contributed by atoms with E-state index in [4.69, 9.17) is 26.2 Å². The van der Waals surface area contributed by atoms with Gasteiger partial charge in [-0.2, -0.15) is 13.2 Å². The maximum absolute atomic E-state index is 12.5. The van der Waals surface area contributed by atoms with Crippen LogP contribution in [0, 0.1) is 0 Å². The van der Waals surface area contributed by atoms with Gasteiger partial charge in [-0.1, -0.05) is 41.9 Å². The fourth-order valence-electron chi connectivity index (χ4n) is 3.71. The molecule has 206 valence electrons. The summed E-state index contributed by atoms with van der Waals surface area (Å²) in [7, 11) is -3.75. The molecule has 0 radical (unpaired) electrons. The van der Waals surface area contributed by atoms with E-state index in [1.54, 1.807) is 17.0 Å². The largest absolute Gasteiger partial charge is 0.490 e. The molecule has 2 heterocycles. The molecule has 2 aromatic carbocycles. The first kappa shape index (κ1) is 29.7. The summed E-state index contributed by atoms with van der Waals surface area (Å²) in [5.74, 6) is -1.96. The van der Waals surface area contributed by atoms with Crippen LogP contribution in [0.4, 0.5) is 19.0 Å². The molecule has 38 heavy (non-hydrogen) atoms. The highest BCUT2D eigenvalue weighted by atomic mass is 35.5. The fraction of sp³-hybridized carbons (Fsp3) is 0.333. The van der Waals surface area contributed by atoms with Crippen molar-refractivity contribution in [1.82, 2.24) is 9.88 Å². The average molecular weight is 592 g/mol. The quantitative estimate of drug-likeness (QED) is 0.355. The highest BCUT2D eigenvalue weighted by molar-refractivity contribution is 7.92. The molecule has 1 unspecified atom stereocenters. The van der Waals surface area contributed by atoms with Crippen molar-refractivity contribution in [3.05, 3.63) is 70.0 Å². The van der Waals surface area contributed by atoms with E-state index in [0.29, 0.717) is 11.8 Å². The number of rotatable bonds is 7. The number of benzene rings is 2. The van der Waals surface area contributed by atoms with Crippen LogP contribution in [-0.4, -0.2) is 54.7 Å². The summed E-state index contributed by atoms with van der Waals surface area (Å²) in [6, 6.07) is 15.4. The third kappa shape index (κ3) is 8.32. The fourth-order valence-corrected chi connectivity index (χ4v) is 5.58. The van der Waals surface area contributed by atoms with Crippen molar-refractivity contribution < 1.29 is 36.2 Å². The number of hydrogen-bond donors (Lipinski definition) is 2. The zero-order chi connectivity index (χ0) is 27.9. The number of alkyl halides is 3. The third-order valence-corrected chi connectivity index (χ3v) is 7.96. The van der Waals surface area contributed by atoms with Crippen LogP contribution in [-0.2, 0) is 14.8 Å². The van der Waals surface area contributed by atoms with Crippen molar-refractivity contribution in [3.8, 4) is 5.75 Å². The van der Waals surface area contributed by atoms with Crippen LogP contribution in [0.2, 0.25) is 5.02 Å². The molecule has 1 aromatic heterocycles. The number of aliphatic carboxylic acids is 1. The van der Waals surface area contributed by atoms with Crippen LogP contribution in [0.1, 0.15) is 31.4 Å². The smallest absolute Gasteiger partial charge is 0.489 e. The van der Waals surface area contributed by atoms with Gasteiger partial charge in [0.15, 0.2) is 5.82 Å². The number of carboxylic acid groups (broad SMARTS) is 1. The molecule has 0 amide bonds. The summed E-state index contributed by atoms with van der Waals surface area (Å²) in [4.78, 5) is 15.4. The Balaban J connectivity index is 0.000000505. The van der Waals surface area contributed by atoms with Gasteiger partial charge in [0.1, 0.15) is 11.9 Å². The number of carboxylic acids is 1. The number of anilines is 1. The topological polar surface area (TPSA) is 109 Å². The number of thiazole rings is 1. The Labute approximate surface area is 227 Å². The van der Waals surface area contributed by atoms with Gasteiger partial charge in [-0.3, -0.25) is 9.62 Å². The molecule has 0 spiro atoms. The number of nitrogens with zero attached hydrogens (tertiary/aromatic N) is 2. The highest BCUT2D eigenvalue weighted by Gasteiger charge is 2.38. The number of nitrogens with one attached hydrogen (secondary N) is 1. The lowest BCUT2D eigenvalue weighted by molar-refractivity contribution is -0.192. The van der Waals surface area contributed by atoms with E-state index < -0.39 is 22.2 Å². The first-order chi connectivity index (χ1) is 17.9. The minimum atomic E-state index is -5.08. The highest BCUT2D eigenvalue weighted by Crippen LogP contribution is 2.32. The summed E-state index contributed by atoms with van der Waals surface area (Å²) >= 11 is 7.67. The molecular formula is C24H25ClF3N3O5S2. The number of halogens is 4. The number of ether oxygens (including phenoxy) is 1. The van der Waals surface area contributed by atoms with Gasteiger partial charge in [-0.25, -0.2) is 18.2 Å². The van der Waals surface area contributed by atoms with E-state index in [-0.39, 0.29) is 21.8 Å². The van der Waals surface area contributed by atoms with E-state index >= 15 is 0 Å². The molecule has 8 nitrogen and oxygen atoms in total. The SMILES string of the molecule is CC(c1ccccc1)N1CCC(Oc2ccc(S(=O)(=O)Nc3cscn3)cc2Cl)CC1.O=C(O)C(F)(F)F. The van der Waals surface area contributed by atoms with Crippen LogP contribution >= 0.6 is 22.9 Å². The van der Waals surface area contributed by atoms with Gasteiger partial charge in [-0.15, -0.1) is 11.3 Å². The molecule has 3 aromatic rings. The molecule has 1 atom stereocenters. The molecule has 0 saturated carbocycles. The second kappa shape index (κ2) is 12.8. The van der Waals surface area contributed by atoms with Crippen LogP contribution in [0.25, 0.3) is 0 Å². The minimum absolute atomic E-state index is 0.0484. The lowest BCUT2D eigenvalue weighted by Gasteiger charge is -2.36. The molecule has 1 aliphatic rings. The van der Waals surface area contributed by atoms with Gasteiger partial charge in [0.2, 0.25) is 0 Å². The van der Waals surface area contributed by atoms with Crippen LogP contribution in [0.3, 0.4) is 0 Å². The van der Waals surface area contributed by atoms with Crippen molar-refractivity contribution in [3.63, 3.8) is 0 Å². The molecule has 2 N–H and O–H groups in total. The van der Waals surface area contributed by atoms with Crippen molar-refractivity contribution in [2.24, 2.45) is 0 Å². The summed E-state index contributed by atoms with van der Waals surface area (Å²) in [6.07, 6.45) is -3.26. The van der Waals surface area contributed by atoms with E-state index in [9.17, 15) is 21.6 Å². The second-order valence-corrected chi connectivity index (χ2v) is 11.1. The van der Waals surface area contributed by atoms with Crippen LogP contribution in [0.5, 0.6) is 5.75 Å². The number of hydrogen-bond acceptors (Lipinski definition) is 7. The minimum Gasteiger partial charge on any atom is -0.489 e. The first-order valence-electron chi connectivity index (χ1n) is 11.3. The number of carbonyl (C=O) groups is 1. The maximum atomic E-state index is 12.5. The lowest BCUT2D eigenvalue weighted by atomic mass is 10.0. The Kier molecular flexibility index (Phi) is 9.99. The summed E-state index contributed by atoms with van der Waals surface area (Å²) in [5, 5.41) is 9.03. The summed E-state index contributed by atoms with van der Waals surface area (Å²) in [5.41, 5.74) is 2.88. The van der Waals surface area contributed by atoms with E-state index in [1.165, 1.54) is 29.0 Å². The Bertz CT molecular complexity index is 1300. The molecule has 0 aliphatic carbocycles. The van der Waals surface area contributed by atoms with Crippen LogP contribution in [0.15, 0.2) is 64.3 Å². The molecule has 14 heteroatoms. The van der Waals surface area contributed by atoms with Gasteiger partial charge in [0.05, 0.1) is 15.4 Å². The molecule has 1 fully saturated rings. The predicted molar refractivity (Wildman–Crippen MR) is 138 cm³/mol. The molecule has 1 aliphatic heterocycles. The Morgan fingerprint density at radius 1 is 1.21 bits per heavy atom. The number of likely N-dealkylation sites (tertiary alicyclic amines) is 1. The van der Waals surface area contributed by atoms with Gasteiger partial charge < -0.3 is 9.84 Å². The van der Waals surface area contributed by atoms with Crippen molar-refractivity contribution >= 4 is 44.7 Å². The normalized spacial score (nSPS) is 15.7. The molecular weight excluding hydrogens is 567 g/mol. The van der Waals surface area contributed by atoms with E-state index in [0.717, 1.165) is 25.9 Å².